The number of likely N-dealkylation sites (N-methyl/N-ethyl adjacent to an activating group) is 1. The zero-order valence-electron chi connectivity index (χ0n) is 10.4. The van der Waals surface area contributed by atoms with Gasteiger partial charge in [-0.05, 0) is 19.1 Å². The minimum atomic E-state index is -3.89. The van der Waals surface area contributed by atoms with Gasteiger partial charge in [0.25, 0.3) is 0 Å². The second kappa shape index (κ2) is 4.63. The number of hydrogen-bond acceptors (Lipinski definition) is 4. The predicted molar refractivity (Wildman–Crippen MR) is 68.1 cm³/mol. The zero-order valence-corrected chi connectivity index (χ0v) is 11.2. The lowest BCUT2D eigenvalue weighted by atomic mass is 10.3. The molecule has 7 nitrogen and oxygen atoms in total. The SMILES string of the molecule is CC(C(=O)O)N(C)S(=O)(=O)c1c[nH]c2ncccc12. The van der Waals surface area contributed by atoms with Gasteiger partial charge in [0.05, 0.1) is 0 Å². The molecule has 2 aromatic heterocycles. The van der Waals surface area contributed by atoms with E-state index >= 15 is 0 Å². The van der Waals surface area contributed by atoms with Crippen molar-refractivity contribution < 1.29 is 18.3 Å². The van der Waals surface area contributed by atoms with Gasteiger partial charge >= 0.3 is 5.97 Å². The fraction of sp³-hybridized carbons (Fsp3) is 0.273. The molecule has 0 aromatic carbocycles. The monoisotopic (exact) mass is 283 g/mol. The molecule has 0 amide bonds. The summed E-state index contributed by atoms with van der Waals surface area (Å²) in [6, 6.07) is 2.09. The first kappa shape index (κ1) is 13.5. The van der Waals surface area contributed by atoms with E-state index in [1.165, 1.54) is 20.2 Å². The summed E-state index contributed by atoms with van der Waals surface area (Å²) < 4.78 is 25.6. The van der Waals surface area contributed by atoms with Crippen molar-refractivity contribution in [2.45, 2.75) is 17.9 Å². The highest BCUT2D eigenvalue weighted by atomic mass is 32.2. The maximum absolute atomic E-state index is 12.4. The van der Waals surface area contributed by atoms with Crippen LogP contribution in [0.2, 0.25) is 0 Å². The largest absolute Gasteiger partial charge is 0.480 e. The average molecular weight is 283 g/mol. The first-order valence-electron chi connectivity index (χ1n) is 5.48. The fourth-order valence-corrected chi connectivity index (χ4v) is 3.13. The molecular formula is C11H13N3O4S. The Morgan fingerprint density at radius 1 is 1.53 bits per heavy atom. The van der Waals surface area contributed by atoms with Crippen molar-refractivity contribution in [3.8, 4) is 0 Å². The number of pyridine rings is 1. The van der Waals surface area contributed by atoms with Crippen molar-refractivity contribution >= 4 is 27.0 Å². The second-order valence-corrected chi connectivity index (χ2v) is 6.05. The highest BCUT2D eigenvalue weighted by Crippen LogP contribution is 2.24. The molecule has 0 fully saturated rings. The number of carbonyl (C=O) groups is 1. The molecule has 0 aliphatic carbocycles. The Morgan fingerprint density at radius 2 is 2.21 bits per heavy atom. The van der Waals surface area contributed by atoms with Crippen LogP contribution in [0, 0.1) is 0 Å². The quantitative estimate of drug-likeness (QED) is 0.857. The maximum atomic E-state index is 12.4. The third kappa shape index (κ3) is 2.20. The summed E-state index contributed by atoms with van der Waals surface area (Å²) in [6.07, 6.45) is 2.86. The number of fused-ring (bicyclic) bond motifs is 1. The molecule has 2 heterocycles. The molecule has 2 aromatic rings. The molecular weight excluding hydrogens is 270 g/mol. The third-order valence-corrected chi connectivity index (χ3v) is 4.94. The van der Waals surface area contributed by atoms with Crippen LogP contribution in [0.4, 0.5) is 0 Å². The number of H-pyrrole nitrogens is 1. The number of nitrogens with zero attached hydrogens (tertiary/aromatic N) is 2. The van der Waals surface area contributed by atoms with Crippen molar-refractivity contribution in [3.05, 3.63) is 24.5 Å². The standard InChI is InChI=1S/C11H13N3O4S/c1-7(11(15)16)14(2)19(17,18)9-6-13-10-8(9)4-3-5-12-10/h3-7H,1-2H3,(H,12,13)(H,15,16). The number of hydrogen-bond donors (Lipinski definition) is 2. The van der Waals surface area contributed by atoms with Crippen LogP contribution in [-0.2, 0) is 14.8 Å². The van der Waals surface area contributed by atoms with Crippen molar-refractivity contribution in [2.75, 3.05) is 7.05 Å². The van der Waals surface area contributed by atoms with Crippen LogP contribution in [0.1, 0.15) is 6.92 Å². The van der Waals surface area contributed by atoms with Crippen LogP contribution >= 0.6 is 0 Å². The van der Waals surface area contributed by atoms with E-state index in [0.29, 0.717) is 11.0 Å². The van der Waals surface area contributed by atoms with Crippen LogP contribution in [0.15, 0.2) is 29.4 Å². The lowest BCUT2D eigenvalue weighted by Gasteiger charge is -2.20. The summed E-state index contributed by atoms with van der Waals surface area (Å²) in [6.45, 7) is 1.31. The molecule has 8 heteroatoms. The van der Waals surface area contributed by atoms with Gasteiger partial charge in [0, 0.05) is 24.8 Å². The molecule has 19 heavy (non-hydrogen) atoms. The van der Waals surface area contributed by atoms with Gasteiger partial charge in [-0.1, -0.05) is 0 Å². The number of rotatable bonds is 4. The maximum Gasteiger partial charge on any atom is 0.321 e. The van der Waals surface area contributed by atoms with Gasteiger partial charge < -0.3 is 10.1 Å². The number of carboxylic acid groups (broad SMARTS) is 1. The summed E-state index contributed by atoms with van der Waals surface area (Å²) in [5.41, 5.74) is 0.442. The first-order chi connectivity index (χ1) is 8.85. The Kier molecular flexibility index (Phi) is 3.29. The molecule has 0 saturated carbocycles. The molecule has 0 radical (unpaired) electrons. The Hall–Kier alpha value is -1.93. The molecule has 2 N–H and O–H groups in total. The Balaban J connectivity index is 2.53. The second-order valence-electron chi connectivity index (χ2n) is 4.09. The summed E-state index contributed by atoms with van der Waals surface area (Å²) >= 11 is 0. The molecule has 2 rings (SSSR count). The normalized spacial score (nSPS) is 13.8. The van der Waals surface area contributed by atoms with Crippen molar-refractivity contribution in [1.29, 1.82) is 0 Å². The highest BCUT2D eigenvalue weighted by molar-refractivity contribution is 7.89. The lowest BCUT2D eigenvalue weighted by molar-refractivity contribution is -0.140. The van der Waals surface area contributed by atoms with Gasteiger partial charge in [0.15, 0.2) is 0 Å². The van der Waals surface area contributed by atoms with Gasteiger partial charge in [0.2, 0.25) is 10.0 Å². The van der Waals surface area contributed by atoms with E-state index in [-0.39, 0.29) is 4.90 Å². The highest BCUT2D eigenvalue weighted by Gasteiger charge is 2.31. The van der Waals surface area contributed by atoms with E-state index in [1.807, 2.05) is 0 Å². The van der Waals surface area contributed by atoms with Crippen molar-refractivity contribution in [2.24, 2.45) is 0 Å². The van der Waals surface area contributed by atoms with Gasteiger partial charge in [0.1, 0.15) is 16.6 Å². The van der Waals surface area contributed by atoms with Crippen LogP contribution in [-0.4, -0.2) is 46.9 Å². The first-order valence-corrected chi connectivity index (χ1v) is 6.92. The summed E-state index contributed by atoms with van der Waals surface area (Å²) in [4.78, 5) is 17.7. The Labute approximate surface area is 109 Å². The van der Waals surface area contributed by atoms with E-state index in [4.69, 9.17) is 5.11 Å². The summed E-state index contributed by atoms with van der Waals surface area (Å²) in [5.74, 6) is -1.20. The molecule has 0 saturated heterocycles. The number of carboxylic acids is 1. The molecule has 0 bridgehead atoms. The minimum Gasteiger partial charge on any atom is -0.480 e. The van der Waals surface area contributed by atoms with E-state index in [9.17, 15) is 13.2 Å². The van der Waals surface area contributed by atoms with Crippen LogP contribution in [0.25, 0.3) is 11.0 Å². The van der Waals surface area contributed by atoms with E-state index < -0.39 is 22.0 Å². The number of aromatic nitrogens is 2. The number of sulfonamides is 1. The van der Waals surface area contributed by atoms with E-state index in [2.05, 4.69) is 9.97 Å². The molecule has 0 aliphatic heterocycles. The smallest absolute Gasteiger partial charge is 0.321 e. The minimum absolute atomic E-state index is 0.0196. The fourth-order valence-electron chi connectivity index (χ4n) is 1.66. The average Bonchev–Trinajstić information content (AvgIpc) is 2.81. The summed E-state index contributed by atoms with van der Waals surface area (Å²) in [7, 11) is -2.65. The zero-order chi connectivity index (χ0) is 14.2. The molecule has 102 valence electrons. The number of aromatic amines is 1. The van der Waals surface area contributed by atoms with E-state index in [0.717, 1.165) is 4.31 Å². The number of nitrogens with one attached hydrogen (secondary N) is 1. The lowest BCUT2D eigenvalue weighted by Crippen LogP contribution is -2.40. The van der Waals surface area contributed by atoms with Crippen molar-refractivity contribution in [1.82, 2.24) is 14.3 Å². The van der Waals surface area contributed by atoms with Gasteiger partial charge in [-0.15, -0.1) is 0 Å². The van der Waals surface area contributed by atoms with Crippen LogP contribution < -0.4 is 0 Å². The van der Waals surface area contributed by atoms with E-state index in [1.54, 1.807) is 18.3 Å². The van der Waals surface area contributed by atoms with Gasteiger partial charge in [-0.2, -0.15) is 4.31 Å². The molecule has 0 spiro atoms. The molecule has 1 unspecified atom stereocenters. The summed E-state index contributed by atoms with van der Waals surface area (Å²) in [5, 5.41) is 9.34. The number of aliphatic carboxylic acids is 1. The third-order valence-electron chi connectivity index (χ3n) is 2.97. The van der Waals surface area contributed by atoms with Gasteiger partial charge in [-0.3, -0.25) is 4.79 Å². The van der Waals surface area contributed by atoms with Gasteiger partial charge in [-0.25, -0.2) is 13.4 Å². The van der Waals surface area contributed by atoms with Crippen LogP contribution in [0.3, 0.4) is 0 Å². The molecule has 0 aliphatic rings. The predicted octanol–water partition coefficient (Wildman–Crippen LogP) is 0.656. The molecule has 1 atom stereocenters. The van der Waals surface area contributed by atoms with Crippen molar-refractivity contribution in [3.63, 3.8) is 0 Å². The Morgan fingerprint density at radius 3 is 2.84 bits per heavy atom. The Bertz CT molecular complexity index is 722. The topological polar surface area (TPSA) is 103 Å². The van der Waals surface area contributed by atoms with Crippen LogP contribution in [0.5, 0.6) is 0 Å².